The first-order chi connectivity index (χ1) is 8.59. The molecule has 0 aliphatic heterocycles. The van der Waals surface area contributed by atoms with E-state index in [4.69, 9.17) is 5.11 Å². The number of rotatable bonds is 5. The van der Waals surface area contributed by atoms with E-state index in [2.05, 4.69) is 4.98 Å². The van der Waals surface area contributed by atoms with Crippen LogP contribution in [0.5, 0.6) is 0 Å². The molecule has 1 fully saturated rings. The first kappa shape index (κ1) is 12.5. The summed E-state index contributed by atoms with van der Waals surface area (Å²) in [5, 5.41) is 8.78. The lowest BCUT2D eigenvalue weighted by Gasteiger charge is -2.16. The predicted octanol–water partition coefficient (Wildman–Crippen LogP) is 0.803. The minimum absolute atomic E-state index is 0.0588. The van der Waals surface area contributed by atoms with E-state index in [-0.39, 0.29) is 11.8 Å². The maximum absolute atomic E-state index is 11.9. The number of carbonyl (C=O) groups is 2. The summed E-state index contributed by atoms with van der Waals surface area (Å²) in [6.45, 7) is 0.603. The standard InChI is InChI=1S/C13H16N2O3/c1-15(7-4-9-2-5-14-6-3-9)12(16)10-8-11(10)13(17)18/h2-3,5-6,10-11H,4,7-8H2,1H3,(H,17,18)/t10-,11+/m1/s1. The monoisotopic (exact) mass is 248 g/mol. The summed E-state index contributed by atoms with van der Waals surface area (Å²) in [7, 11) is 1.72. The Morgan fingerprint density at radius 3 is 2.61 bits per heavy atom. The zero-order valence-corrected chi connectivity index (χ0v) is 10.2. The van der Waals surface area contributed by atoms with Crippen LogP contribution in [0.25, 0.3) is 0 Å². The first-order valence-electron chi connectivity index (χ1n) is 5.96. The second-order valence-electron chi connectivity index (χ2n) is 4.65. The van der Waals surface area contributed by atoms with Crippen molar-refractivity contribution in [3.8, 4) is 0 Å². The average Bonchev–Trinajstić information content (AvgIpc) is 3.16. The summed E-state index contributed by atoms with van der Waals surface area (Å²) >= 11 is 0. The molecule has 5 heteroatoms. The van der Waals surface area contributed by atoms with Crippen molar-refractivity contribution in [2.24, 2.45) is 11.8 Å². The molecule has 1 amide bonds. The molecule has 5 nitrogen and oxygen atoms in total. The van der Waals surface area contributed by atoms with Gasteiger partial charge in [-0.1, -0.05) is 0 Å². The maximum Gasteiger partial charge on any atom is 0.307 e. The van der Waals surface area contributed by atoms with Gasteiger partial charge in [0.2, 0.25) is 5.91 Å². The van der Waals surface area contributed by atoms with Crippen molar-refractivity contribution in [3.63, 3.8) is 0 Å². The van der Waals surface area contributed by atoms with Gasteiger partial charge in [0, 0.05) is 26.0 Å². The highest BCUT2D eigenvalue weighted by molar-refractivity contribution is 5.89. The van der Waals surface area contributed by atoms with Gasteiger partial charge in [-0.3, -0.25) is 14.6 Å². The summed E-state index contributed by atoms with van der Waals surface area (Å²) in [6, 6.07) is 3.82. The molecule has 2 atom stereocenters. The van der Waals surface area contributed by atoms with E-state index < -0.39 is 11.9 Å². The van der Waals surface area contributed by atoms with Crippen LogP contribution in [0.15, 0.2) is 24.5 Å². The van der Waals surface area contributed by atoms with Crippen molar-refractivity contribution in [2.75, 3.05) is 13.6 Å². The summed E-state index contributed by atoms with van der Waals surface area (Å²) in [5.74, 6) is -1.71. The third-order valence-corrected chi connectivity index (χ3v) is 3.29. The van der Waals surface area contributed by atoms with E-state index in [9.17, 15) is 9.59 Å². The van der Waals surface area contributed by atoms with Crippen LogP contribution in [0.4, 0.5) is 0 Å². The van der Waals surface area contributed by atoms with Gasteiger partial charge in [0.1, 0.15) is 0 Å². The molecule has 0 aromatic carbocycles. The molecule has 2 rings (SSSR count). The van der Waals surface area contributed by atoms with Crippen molar-refractivity contribution in [1.29, 1.82) is 0 Å². The topological polar surface area (TPSA) is 70.5 Å². The van der Waals surface area contributed by atoms with E-state index >= 15 is 0 Å². The Labute approximate surface area is 105 Å². The number of hydrogen-bond acceptors (Lipinski definition) is 3. The third-order valence-electron chi connectivity index (χ3n) is 3.29. The van der Waals surface area contributed by atoms with Crippen LogP contribution in [0, 0.1) is 11.8 Å². The van der Waals surface area contributed by atoms with E-state index in [1.807, 2.05) is 12.1 Å². The van der Waals surface area contributed by atoms with Gasteiger partial charge in [-0.2, -0.15) is 0 Å². The highest BCUT2D eigenvalue weighted by Crippen LogP contribution is 2.39. The number of likely N-dealkylation sites (N-methyl/N-ethyl adjacent to an activating group) is 1. The van der Waals surface area contributed by atoms with Crippen molar-refractivity contribution in [1.82, 2.24) is 9.88 Å². The molecule has 0 unspecified atom stereocenters. The fourth-order valence-corrected chi connectivity index (χ4v) is 1.98. The molecule has 0 saturated heterocycles. The smallest absolute Gasteiger partial charge is 0.307 e. The van der Waals surface area contributed by atoms with E-state index in [1.54, 1.807) is 24.3 Å². The lowest BCUT2D eigenvalue weighted by Crippen LogP contribution is -2.31. The van der Waals surface area contributed by atoms with Gasteiger partial charge in [-0.05, 0) is 30.5 Å². The quantitative estimate of drug-likeness (QED) is 0.836. The highest BCUT2D eigenvalue weighted by Gasteiger charge is 2.49. The van der Waals surface area contributed by atoms with Crippen molar-refractivity contribution >= 4 is 11.9 Å². The van der Waals surface area contributed by atoms with Crippen LogP contribution in [0.2, 0.25) is 0 Å². The van der Waals surface area contributed by atoms with E-state index in [0.29, 0.717) is 13.0 Å². The Bertz CT molecular complexity index is 447. The first-order valence-corrected chi connectivity index (χ1v) is 5.96. The third kappa shape index (κ3) is 2.85. The number of carbonyl (C=O) groups excluding carboxylic acids is 1. The molecule has 1 aromatic heterocycles. The molecule has 0 bridgehead atoms. The number of carboxylic acid groups (broad SMARTS) is 1. The zero-order valence-electron chi connectivity index (χ0n) is 10.2. The van der Waals surface area contributed by atoms with Crippen LogP contribution in [0.3, 0.4) is 0 Å². The van der Waals surface area contributed by atoms with Gasteiger partial charge >= 0.3 is 5.97 Å². The Morgan fingerprint density at radius 2 is 2.06 bits per heavy atom. The van der Waals surface area contributed by atoms with E-state index in [0.717, 1.165) is 12.0 Å². The fraction of sp³-hybridized carbons (Fsp3) is 0.462. The average molecular weight is 248 g/mol. The number of nitrogens with zero attached hydrogens (tertiary/aromatic N) is 2. The lowest BCUT2D eigenvalue weighted by atomic mass is 10.2. The summed E-state index contributed by atoms with van der Waals surface area (Å²) < 4.78 is 0. The maximum atomic E-state index is 11.9. The van der Waals surface area contributed by atoms with Gasteiger partial charge in [0.05, 0.1) is 11.8 Å². The number of hydrogen-bond donors (Lipinski definition) is 1. The molecule has 0 spiro atoms. The predicted molar refractivity (Wildman–Crippen MR) is 64.8 cm³/mol. The van der Waals surface area contributed by atoms with Gasteiger partial charge in [-0.25, -0.2) is 0 Å². The summed E-state index contributed by atoms with van der Waals surface area (Å²) in [4.78, 5) is 28.1. The second-order valence-corrected chi connectivity index (χ2v) is 4.65. The molecule has 1 aliphatic carbocycles. The number of carboxylic acids is 1. The fourth-order valence-electron chi connectivity index (χ4n) is 1.98. The molecular weight excluding hydrogens is 232 g/mol. The summed E-state index contributed by atoms with van der Waals surface area (Å²) in [5.41, 5.74) is 1.12. The van der Waals surface area contributed by atoms with Gasteiger partial charge in [-0.15, -0.1) is 0 Å². The molecule has 1 aromatic rings. The highest BCUT2D eigenvalue weighted by atomic mass is 16.4. The van der Waals surface area contributed by atoms with Gasteiger partial charge < -0.3 is 10.0 Å². The molecular formula is C13H16N2O3. The van der Waals surface area contributed by atoms with Crippen molar-refractivity contribution < 1.29 is 14.7 Å². The number of aromatic nitrogens is 1. The number of aliphatic carboxylic acids is 1. The second kappa shape index (κ2) is 5.16. The summed E-state index contributed by atoms with van der Waals surface area (Å²) in [6.07, 6.45) is 4.68. The van der Waals surface area contributed by atoms with Gasteiger partial charge in [0.25, 0.3) is 0 Å². The SMILES string of the molecule is CN(CCc1ccncc1)C(=O)[C@@H]1C[C@@H]1C(=O)O. The van der Waals surface area contributed by atoms with E-state index in [1.165, 1.54) is 0 Å². The molecule has 1 N–H and O–H groups in total. The zero-order chi connectivity index (χ0) is 13.1. The number of pyridine rings is 1. The normalized spacial score (nSPS) is 21.4. The van der Waals surface area contributed by atoms with Crippen LogP contribution in [-0.2, 0) is 16.0 Å². The molecule has 18 heavy (non-hydrogen) atoms. The van der Waals surface area contributed by atoms with Crippen LogP contribution < -0.4 is 0 Å². The van der Waals surface area contributed by atoms with Crippen LogP contribution in [0.1, 0.15) is 12.0 Å². The largest absolute Gasteiger partial charge is 0.481 e. The van der Waals surface area contributed by atoms with Gasteiger partial charge in [0.15, 0.2) is 0 Å². The van der Waals surface area contributed by atoms with Crippen LogP contribution >= 0.6 is 0 Å². The number of amides is 1. The van der Waals surface area contributed by atoms with Crippen molar-refractivity contribution in [2.45, 2.75) is 12.8 Å². The lowest BCUT2D eigenvalue weighted by molar-refractivity contribution is -0.141. The molecule has 1 saturated carbocycles. The Kier molecular flexibility index (Phi) is 3.60. The minimum atomic E-state index is -0.865. The molecule has 0 radical (unpaired) electrons. The Balaban J connectivity index is 1.80. The molecule has 1 aliphatic rings. The molecule has 96 valence electrons. The minimum Gasteiger partial charge on any atom is -0.481 e. The van der Waals surface area contributed by atoms with Crippen molar-refractivity contribution in [3.05, 3.63) is 30.1 Å². The van der Waals surface area contributed by atoms with Crippen LogP contribution in [-0.4, -0.2) is 40.5 Å². The Morgan fingerprint density at radius 1 is 1.39 bits per heavy atom. The molecule has 1 heterocycles. The Hall–Kier alpha value is -1.91.